The van der Waals surface area contributed by atoms with Crippen LogP contribution in [0, 0.1) is 17.7 Å². The van der Waals surface area contributed by atoms with Crippen LogP contribution in [0.3, 0.4) is 0 Å². The Morgan fingerprint density at radius 1 is 1.32 bits per heavy atom. The van der Waals surface area contributed by atoms with Crippen molar-refractivity contribution in [2.45, 2.75) is 25.8 Å². The first-order valence-corrected chi connectivity index (χ1v) is 9.31. The van der Waals surface area contributed by atoms with Crippen molar-refractivity contribution >= 4 is 18.3 Å². The molecule has 0 aromatic heterocycles. The standard InChI is InChI=1S/C19H25FN2O3.CH2O2/c1-13(23)22-11-15-10-21(8-4-7-18(24)25-2)12-17(15)19(22)14-5-3-6-16(20)9-14;2-1-3/h3,5-6,9,15,17,19H,4,7-8,10-12H2,1-2H3;1H,(H,2,3)/t15-,17-,19+;/m1./s1. The van der Waals surface area contributed by atoms with Gasteiger partial charge in [-0.05, 0) is 36.6 Å². The molecule has 0 radical (unpaired) electrons. The van der Waals surface area contributed by atoms with E-state index in [-0.39, 0.29) is 30.2 Å². The molecule has 1 aromatic carbocycles. The van der Waals surface area contributed by atoms with Gasteiger partial charge in [0.05, 0.1) is 13.2 Å². The van der Waals surface area contributed by atoms with Gasteiger partial charge in [-0.2, -0.15) is 0 Å². The quantitative estimate of drug-likeness (QED) is 0.607. The summed E-state index contributed by atoms with van der Waals surface area (Å²) in [6.07, 6.45) is 1.20. The second-order valence-corrected chi connectivity index (χ2v) is 7.14. The zero-order valence-electron chi connectivity index (χ0n) is 16.2. The van der Waals surface area contributed by atoms with Crippen molar-refractivity contribution in [1.82, 2.24) is 9.80 Å². The number of hydrogen-bond donors (Lipinski definition) is 1. The number of carbonyl (C=O) groups excluding carboxylic acids is 2. The summed E-state index contributed by atoms with van der Waals surface area (Å²) < 4.78 is 18.4. The van der Waals surface area contributed by atoms with Gasteiger partial charge in [-0.15, -0.1) is 0 Å². The SMILES string of the molecule is COC(=O)CCCN1C[C@@H]2CN(C(C)=O)[C@@H](c3cccc(F)c3)[C@@H]2C1.O=CO. The van der Waals surface area contributed by atoms with Crippen LogP contribution in [0.25, 0.3) is 0 Å². The van der Waals surface area contributed by atoms with Crippen LogP contribution in [0.4, 0.5) is 4.39 Å². The Morgan fingerprint density at radius 2 is 2.04 bits per heavy atom. The third-order valence-corrected chi connectivity index (χ3v) is 5.42. The van der Waals surface area contributed by atoms with Crippen molar-refractivity contribution < 1.29 is 28.6 Å². The topological polar surface area (TPSA) is 87.2 Å². The minimum Gasteiger partial charge on any atom is -0.483 e. The molecular formula is C20H27FN2O5. The molecule has 2 aliphatic heterocycles. The molecule has 8 heteroatoms. The van der Waals surface area contributed by atoms with Crippen molar-refractivity contribution in [3.63, 3.8) is 0 Å². The van der Waals surface area contributed by atoms with Gasteiger partial charge in [0.15, 0.2) is 0 Å². The molecule has 0 aliphatic carbocycles. The van der Waals surface area contributed by atoms with Gasteiger partial charge < -0.3 is 19.6 Å². The van der Waals surface area contributed by atoms with E-state index in [1.54, 1.807) is 19.1 Å². The number of halogens is 1. The molecule has 1 aromatic rings. The lowest BCUT2D eigenvalue weighted by Gasteiger charge is -2.29. The van der Waals surface area contributed by atoms with E-state index in [0.29, 0.717) is 24.8 Å². The Morgan fingerprint density at radius 3 is 2.64 bits per heavy atom. The molecule has 7 nitrogen and oxygen atoms in total. The van der Waals surface area contributed by atoms with E-state index in [9.17, 15) is 14.0 Å². The highest BCUT2D eigenvalue weighted by atomic mass is 19.1. The normalized spacial score (nSPS) is 23.5. The third kappa shape index (κ3) is 5.28. The van der Waals surface area contributed by atoms with Crippen LogP contribution in [-0.2, 0) is 19.1 Å². The Kier molecular flexibility index (Phi) is 7.92. The van der Waals surface area contributed by atoms with Gasteiger partial charge in [0.25, 0.3) is 6.47 Å². The monoisotopic (exact) mass is 394 g/mol. The van der Waals surface area contributed by atoms with Crippen LogP contribution >= 0.6 is 0 Å². The van der Waals surface area contributed by atoms with Crippen LogP contribution in [-0.4, -0.2) is 66.5 Å². The molecule has 28 heavy (non-hydrogen) atoms. The molecule has 1 N–H and O–H groups in total. The van der Waals surface area contributed by atoms with E-state index < -0.39 is 0 Å². The Labute approximate surface area is 164 Å². The molecule has 3 rings (SSSR count). The fraction of sp³-hybridized carbons (Fsp3) is 0.550. The summed E-state index contributed by atoms with van der Waals surface area (Å²) in [5.74, 6) is 0.303. The van der Waals surface area contributed by atoms with E-state index in [0.717, 1.165) is 31.6 Å². The maximum absolute atomic E-state index is 13.7. The summed E-state index contributed by atoms with van der Waals surface area (Å²) in [5, 5.41) is 6.89. The number of rotatable bonds is 5. The van der Waals surface area contributed by atoms with Gasteiger partial charge in [-0.1, -0.05) is 12.1 Å². The van der Waals surface area contributed by atoms with Crippen molar-refractivity contribution in [3.05, 3.63) is 35.6 Å². The molecule has 154 valence electrons. The number of fused-ring (bicyclic) bond motifs is 1. The van der Waals surface area contributed by atoms with Gasteiger partial charge in [0, 0.05) is 38.9 Å². The number of amides is 1. The second kappa shape index (κ2) is 10.2. The third-order valence-electron chi connectivity index (χ3n) is 5.42. The molecule has 0 unspecified atom stereocenters. The van der Waals surface area contributed by atoms with E-state index in [4.69, 9.17) is 9.90 Å². The summed E-state index contributed by atoms with van der Waals surface area (Å²) in [6, 6.07) is 6.53. The fourth-order valence-electron chi connectivity index (χ4n) is 4.31. The van der Waals surface area contributed by atoms with E-state index in [1.165, 1.54) is 13.2 Å². The highest BCUT2D eigenvalue weighted by molar-refractivity contribution is 5.74. The Balaban J connectivity index is 0.000000878. The van der Waals surface area contributed by atoms with E-state index >= 15 is 0 Å². The van der Waals surface area contributed by atoms with Crippen molar-refractivity contribution in [1.29, 1.82) is 0 Å². The number of ether oxygens (including phenoxy) is 1. The largest absolute Gasteiger partial charge is 0.483 e. The highest BCUT2D eigenvalue weighted by Gasteiger charge is 2.48. The van der Waals surface area contributed by atoms with Gasteiger partial charge in [-0.3, -0.25) is 14.4 Å². The van der Waals surface area contributed by atoms with Crippen LogP contribution < -0.4 is 0 Å². The molecule has 2 saturated heterocycles. The number of esters is 1. The number of carboxylic acid groups (broad SMARTS) is 1. The second-order valence-electron chi connectivity index (χ2n) is 7.14. The molecule has 0 saturated carbocycles. The first-order valence-electron chi connectivity index (χ1n) is 9.31. The van der Waals surface area contributed by atoms with Crippen LogP contribution in [0.5, 0.6) is 0 Å². The first kappa shape index (κ1) is 21.8. The van der Waals surface area contributed by atoms with Crippen LogP contribution in [0.1, 0.15) is 31.4 Å². The number of nitrogens with zero attached hydrogens (tertiary/aromatic N) is 2. The molecule has 2 heterocycles. The highest BCUT2D eigenvalue weighted by Crippen LogP contribution is 2.45. The molecule has 0 spiro atoms. The van der Waals surface area contributed by atoms with Gasteiger partial charge >= 0.3 is 5.97 Å². The average Bonchev–Trinajstić information content (AvgIpc) is 3.19. The van der Waals surface area contributed by atoms with Gasteiger partial charge in [-0.25, -0.2) is 4.39 Å². The number of likely N-dealkylation sites (tertiary alicyclic amines) is 2. The van der Waals surface area contributed by atoms with Crippen molar-refractivity contribution in [2.75, 3.05) is 33.3 Å². The fourth-order valence-corrected chi connectivity index (χ4v) is 4.31. The molecule has 1 amide bonds. The zero-order valence-corrected chi connectivity index (χ0v) is 16.2. The van der Waals surface area contributed by atoms with Crippen LogP contribution in [0.2, 0.25) is 0 Å². The maximum Gasteiger partial charge on any atom is 0.305 e. The number of hydrogen-bond acceptors (Lipinski definition) is 5. The lowest BCUT2D eigenvalue weighted by molar-refractivity contribution is -0.140. The minimum absolute atomic E-state index is 0.0425. The number of methoxy groups -OCH3 is 1. The smallest absolute Gasteiger partial charge is 0.305 e. The number of benzene rings is 1. The lowest BCUT2D eigenvalue weighted by atomic mass is 9.89. The Hall–Kier alpha value is -2.48. The summed E-state index contributed by atoms with van der Waals surface area (Å²) in [5.41, 5.74) is 0.874. The van der Waals surface area contributed by atoms with E-state index in [2.05, 4.69) is 9.64 Å². The Bertz CT molecular complexity index is 699. The van der Waals surface area contributed by atoms with Crippen LogP contribution in [0.15, 0.2) is 24.3 Å². The zero-order chi connectivity index (χ0) is 20.7. The van der Waals surface area contributed by atoms with Crippen molar-refractivity contribution in [2.24, 2.45) is 11.8 Å². The molecule has 2 fully saturated rings. The molecule has 0 bridgehead atoms. The summed E-state index contributed by atoms with van der Waals surface area (Å²) in [6.45, 7) is 4.69. The minimum atomic E-state index is -0.266. The average molecular weight is 394 g/mol. The lowest BCUT2D eigenvalue weighted by Crippen LogP contribution is -2.34. The maximum atomic E-state index is 13.7. The van der Waals surface area contributed by atoms with Crippen molar-refractivity contribution in [3.8, 4) is 0 Å². The van der Waals surface area contributed by atoms with Gasteiger partial charge in [0.1, 0.15) is 5.82 Å². The summed E-state index contributed by atoms with van der Waals surface area (Å²) in [4.78, 5) is 35.9. The molecular weight excluding hydrogens is 367 g/mol. The summed E-state index contributed by atoms with van der Waals surface area (Å²) >= 11 is 0. The molecule has 2 aliphatic rings. The van der Waals surface area contributed by atoms with E-state index in [1.807, 2.05) is 11.0 Å². The van der Waals surface area contributed by atoms with Gasteiger partial charge in [0.2, 0.25) is 5.91 Å². The number of carbonyl (C=O) groups is 3. The summed E-state index contributed by atoms with van der Waals surface area (Å²) in [7, 11) is 1.41. The predicted molar refractivity (Wildman–Crippen MR) is 99.9 cm³/mol. The first-order chi connectivity index (χ1) is 13.4. The predicted octanol–water partition coefficient (Wildman–Crippen LogP) is 1.93. The molecule has 3 atom stereocenters.